The van der Waals surface area contributed by atoms with Gasteiger partial charge in [-0.05, 0) is 49.6 Å². The quantitative estimate of drug-likeness (QED) is 0.863. The van der Waals surface area contributed by atoms with E-state index >= 15 is 0 Å². The van der Waals surface area contributed by atoms with E-state index in [-0.39, 0.29) is 11.8 Å². The highest BCUT2D eigenvalue weighted by molar-refractivity contribution is 5.37. The summed E-state index contributed by atoms with van der Waals surface area (Å²) in [6, 6.07) is 4.63. The van der Waals surface area contributed by atoms with E-state index in [1.165, 1.54) is 12.1 Å². The summed E-state index contributed by atoms with van der Waals surface area (Å²) >= 11 is 0. The monoisotopic (exact) mass is 245 g/mol. The molecule has 1 aliphatic rings. The van der Waals surface area contributed by atoms with Gasteiger partial charge in [-0.3, -0.25) is 0 Å². The lowest BCUT2D eigenvalue weighted by Gasteiger charge is -2.16. The second-order valence-electron chi connectivity index (χ2n) is 4.22. The van der Waals surface area contributed by atoms with Crippen LogP contribution in [0.25, 0.3) is 0 Å². The number of nitrogens with one attached hydrogen (secondary N) is 1. The zero-order valence-electron chi connectivity index (χ0n) is 9.47. The number of hydrogen-bond acceptors (Lipinski definition) is 2. The van der Waals surface area contributed by atoms with Gasteiger partial charge in [0, 0.05) is 6.04 Å². The number of rotatable bonds is 2. The molecule has 5 heteroatoms. The summed E-state index contributed by atoms with van der Waals surface area (Å²) in [5.41, 5.74) is 1.88. The number of hydrogen-bond donors (Lipinski definition) is 1. The van der Waals surface area contributed by atoms with Crippen LogP contribution in [0.15, 0.2) is 18.2 Å². The second-order valence-corrected chi connectivity index (χ2v) is 4.22. The SMILES string of the molecule is Cc1ccc(OC(F)(F)F)cc1C1CCCN1. The number of aryl methyl sites for hydroxylation is 1. The summed E-state index contributed by atoms with van der Waals surface area (Å²) in [4.78, 5) is 0. The molecule has 0 spiro atoms. The van der Waals surface area contributed by atoms with Gasteiger partial charge in [0.25, 0.3) is 0 Å². The number of alkyl halides is 3. The first-order chi connectivity index (χ1) is 7.96. The Kier molecular flexibility index (Phi) is 3.28. The fraction of sp³-hybridized carbons (Fsp3) is 0.500. The summed E-state index contributed by atoms with van der Waals surface area (Å²) < 4.78 is 40.3. The molecule has 0 radical (unpaired) electrons. The molecule has 1 saturated heterocycles. The molecular weight excluding hydrogens is 231 g/mol. The van der Waals surface area contributed by atoms with Crippen molar-refractivity contribution in [3.8, 4) is 5.75 Å². The average molecular weight is 245 g/mol. The van der Waals surface area contributed by atoms with Gasteiger partial charge in [0.15, 0.2) is 0 Å². The van der Waals surface area contributed by atoms with E-state index in [2.05, 4.69) is 10.1 Å². The molecule has 17 heavy (non-hydrogen) atoms. The van der Waals surface area contributed by atoms with Crippen molar-refractivity contribution in [3.63, 3.8) is 0 Å². The van der Waals surface area contributed by atoms with E-state index in [1.807, 2.05) is 6.92 Å². The summed E-state index contributed by atoms with van der Waals surface area (Å²) in [6.45, 7) is 2.81. The molecule has 0 aromatic heterocycles. The second kappa shape index (κ2) is 4.56. The van der Waals surface area contributed by atoms with Crippen molar-refractivity contribution in [1.29, 1.82) is 0 Å². The van der Waals surface area contributed by atoms with Gasteiger partial charge in [-0.1, -0.05) is 6.07 Å². The van der Waals surface area contributed by atoms with Crippen molar-refractivity contribution >= 4 is 0 Å². The molecular formula is C12H14F3NO. The smallest absolute Gasteiger partial charge is 0.406 e. The predicted molar refractivity (Wildman–Crippen MR) is 57.8 cm³/mol. The molecule has 1 aliphatic heterocycles. The molecule has 1 aromatic carbocycles. The first-order valence-corrected chi connectivity index (χ1v) is 5.55. The van der Waals surface area contributed by atoms with Gasteiger partial charge >= 0.3 is 6.36 Å². The Bertz CT molecular complexity index is 397. The predicted octanol–water partition coefficient (Wildman–Crippen LogP) is 3.32. The Labute approximate surface area is 97.8 Å². The Morgan fingerprint density at radius 1 is 1.35 bits per heavy atom. The molecule has 0 saturated carbocycles. The van der Waals surface area contributed by atoms with Crippen molar-refractivity contribution in [2.45, 2.75) is 32.2 Å². The van der Waals surface area contributed by atoms with E-state index < -0.39 is 6.36 Å². The normalized spacial score (nSPS) is 20.6. The topological polar surface area (TPSA) is 21.3 Å². The van der Waals surface area contributed by atoms with Crippen LogP contribution in [0.4, 0.5) is 13.2 Å². The van der Waals surface area contributed by atoms with E-state index in [1.54, 1.807) is 6.07 Å². The van der Waals surface area contributed by atoms with Crippen LogP contribution in [0.2, 0.25) is 0 Å². The van der Waals surface area contributed by atoms with E-state index in [9.17, 15) is 13.2 Å². The minimum absolute atomic E-state index is 0.145. The third-order valence-electron chi connectivity index (χ3n) is 2.92. The first kappa shape index (κ1) is 12.2. The van der Waals surface area contributed by atoms with Crippen LogP contribution in [0.5, 0.6) is 5.75 Å². The highest BCUT2D eigenvalue weighted by atomic mass is 19.4. The van der Waals surface area contributed by atoms with Crippen LogP contribution in [0, 0.1) is 6.92 Å². The van der Waals surface area contributed by atoms with E-state index in [0.29, 0.717) is 0 Å². The Balaban J connectivity index is 2.22. The Morgan fingerprint density at radius 2 is 2.12 bits per heavy atom. The highest BCUT2D eigenvalue weighted by Gasteiger charge is 2.31. The van der Waals surface area contributed by atoms with Crippen molar-refractivity contribution in [1.82, 2.24) is 5.32 Å². The molecule has 1 aromatic rings. The van der Waals surface area contributed by atoms with Crippen molar-refractivity contribution in [2.75, 3.05) is 6.54 Å². The lowest BCUT2D eigenvalue weighted by atomic mass is 10.00. The molecule has 0 bridgehead atoms. The standard InChI is InChI=1S/C12H14F3NO/c1-8-4-5-9(17-12(13,14)15)7-10(8)11-3-2-6-16-11/h4-5,7,11,16H,2-3,6H2,1H3. The van der Waals surface area contributed by atoms with Gasteiger partial charge in [0.2, 0.25) is 0 Å². The molecule has 1 heterocycles. The van der Waals surface area contributed by atoms with Crippen LogP contribution in [-0.2, 0) is 0 Å². The summed E-state index contributed by atoms with van der Waals surface area (Å²) in [5, 5.41) is 3.27. The molecule has 1 atom stereocenters. The van der Waals surface area contributed by atoms with Gasteiger partial charge in [-0.2, -0.15) is 0 Å². The average Bonchev–Trinajstić information content (AvgIpc) is 2.72. The third kappa shape index (κ3) is 3.12. The molecule has 94 valence electrons. The molecule has 0 aliphatic carbocycles. The molecule has 1 unspecified atom stereocenters. The van der Waals surface area contributed by atoms with Gasteiger partial charge in [0.1, 0.15) is 5.75 Å². The molecule has 2 nitrogen and oxygen atoms in total. The lowest BCUT2D eigenvalue weighted by molar-refractivity contribution is -0.274. The first-order valence-electron chi connectivity index (χ1n) is 5.55. The van der Waals surface area contributed by atoms with Gasteiger partial charge in [-0.25, -0.2) is 0 Å². The van der Waals surface area contributed by atoms with Gasteiger partial charge in [-0.15, -0.1) is 13.2 Å². The minimum atomic E-state index is -4.63. The Morgan fingerprint density at radius 3 is 2.71 bits per heavy atom. The maximum Gasteiger partial charge on any atom is 0.573 e. The van der Waals surface area contributed by atoms with Crippen LogP contribution in [0.1, 0.15) is 30.0 Å². The third-order valence-corrected chi connectivity index (χ3v) is 2.92. The number of benzene rings is 1. The van der Waals surface area contributed by atoms with Crippen molar-refractivity contribution in [3.05, 3.63) is 29.3 Å². The van der Waals surface area contributed by atoms with Gasteiger partial charge in [0.05, 0.1) is 0 Å². The van der Waals surface area contributed by atoms with Crippen LogP contribution < -0.4 is 10.1 Å². The van der Waals surface area contributed by atoms with Crippen molar-refractivity contribution in [2.24, 2.45) is 0 Å². The summed E-state index contributed by atoms with van der Waals surface area (Å²) in [7, 11) is 0. The highest BCUT2D eigenvalue weighted by Crippen LogP contribution is 2.31. The maximum atomic E-state index is 12.1. The minimum Gasteiger partial charge on any atom is -0.406 e. The van der Waals surface area contributed by atoms with Crippen LogP contribution in [-0.4, -0.2) is 12.9 Å². The summed E-state index contributed by atoms with van der Waals surface area (Å²) in [5.74, 6) is -0.146. The van der Waals surface area contributed by atoms with Crippen LogP contribution in [0.3, 0.4) is 0 Å². The maximum absolute atomic E-state index is 12.1. The van der Waals surface area contributed by atoms with Gasteiger partial charge < -0.3 is 10.1 Å². The van der Waals surface area contributed by atoms with E-state index in [0.717, 1.165) is 30.5 Å². The molecule has 1 N–H and O–H groups in total. The fourth-order valence-corrected chi connectivity index (χ4v) is 2.14. The largest absolute Gasteiger partial charge is 0.573 e. The fourth-order valence-electron chi connectivity index (χ4n) is 2.14. The molecule has 0 amide bonds. The van der Waals surface area contributed by atoms with Crippen LogP contribution >= 0.6 is 0 Å². The molecule has 1 fully saturated rings. The zero-order chi connectivity index (χ0) is 12.5. The molecule has 2 rings (SSSR count). The lowest BCUT2D eigenvalue weighted by Crippen LogP contribution is -2.18. The van der Waals surface area contributed by atoms with E-state index in [4.69, 9.17) is 0 Å². The summed E-state index contributed by atoms with van der Waals surface area (Å²) in [6.07, 6.45) is -2.62. The number of ether oxygens (including phenoxy) is 1. The Hall–Kier alpha value is -1.23. The number of halogens is 3. The van der Waals surface area contributed by atoms with Crippen molar-refractivity contribution < 1.29 is 17.9 Å². The zero-order valence-corrected chi connectivity index (χ0v) is 9.47.